The highest BCUT2D eigenvalue weighted by atomic mass is 32.1. The minimum absolute atomic E-state index is 0.176. The van der Waals surface area contributed by atoms with Gasteiger partial charge in [0.05, 0.1) is 12.1 Å². The van der Waals surface area contributed by atoms with Gasteiger partial charge in [0, 0.05) is 75.5 Å². The van der Waals surface area contributed by atoms with Gasteiger partial charge in [-0.25, -0.2) is 18.7 Å². The van der Waals surface area contributed by atoms with Crippen molar-refractivity contribution in [2.24, 2.45) is 0 Å². The summed E-state index contributed by atoms with van der Waals surface area (Å²) in [6.07, 6.45) is 3.13. The van der Waals surface area contributed by atoms with Gasteiger partial charge in [0.25, 0.3) is 11.8 Å². The molecule has 2 atom stereocenters. The molecule has 0 N–H and O–H groups in total. The van der Waals surface area contributed by atoms with Crippen molar-refractivity contribution in [3.05, 3.63) is 33.2 Å². The fraction of sp³-hybridized carbons (Fsp3) is 0.571. The van der Waals surface area contributed by atoms with Crippen LogP contribution in [0.5, 0.6) is 0 Å². The molecule has 0 aromatic carbocycles. The second-order valence-electron chi connectivity index (χ2n) is 8.07. The highest BCUT2D eigenvalue weighted by Gasteiger charge is 2.38. The van der Waals surface area contributed by atoms with Gasteiger partial charge in [-0.1, -0.05) is 0 Å². The van der Waals surface area contributed by atoms with E-state index in [1.165, 1.54) is 22.7 Å². The summed E-state index contributed by atoms with van der Waals surface area (Å²) in [5.41, 5.74) is 0. The van der Waals surface area contributed by atoms with Crippen LogP contribution in [0.25, 0.3) is 0 Å². The van der Waals surface area contributed by atoms with Gasteiger partial charge in [-0.05, 0) is 0 Å². The van der Waals surface area contributed by atoms with E-state index in [4.69, 9.17) is 0 Å². The summed E-state index contributed by atoms with van der Waals surface area (Å²) >= 11 is 2.52. The van der Waals surface area contributed by atoms with E-state index in [1.807, 2.05) is 0 Å². The topological polar surface area (TPSA) is 90.0 Å². The molecule has 2 amide bonds. The predicted octanol–water partition coefficient (Wildman–Crippen LogP) is 1.06. The molecule has 2 aliphatic rings. The molecule has 2 aliphatic heterocycles. The highest BCUT2D eigenvalue weighted by Crippen LogP contribution is 2.18. The molecule has 2 aromatic rings. The van der Waals surface area contributed by atoms with Crippen LogP contribution in [0.15, 0.2) is 23.2 Å². The van der Waals surface area contributed by atoms with Gasteiger partial charge >= 0.3 is 0 Å². The average molecular weight is 513 g/mol. The molecule has 13 heteroatoms. The first-order valence-corrected chi connectivity index (χ1v) is 12.8. The zero-order valence-electron chi connectivity index (χ0n) is 18.5. The van der Waals surface area contributed by atoms with E-state index in [9.17, 15) is 23.2 Å². The number of ketones is 1. The molecule has 0 bridgehead atoms. The van der Waals surface area contributed by atoms with E-state index in [2.05, 4.69) is 9.97 Å². The van der Waals surface area contributed by atoms with Crippen LogP contribution in [-0.2, 0) is 4.79 Å². The van der Waals surface area contributed by atoms with E-state index in [0.29, 0.717) is 62.4 Å². The van der Waals surface area contributed by atoms with Crippen LogP contribution in [0.2, 0.25) is 0 Å². The lowest BCUT2D eigenvalue weighted by molar-refractivity contribution is -0.132. The molecule has 2 unspecified atom stereocenters. The third-order valence-electron chi connectivity index (χ3n) is 6.26. The number of carbonyl (C=O) groups excluding carboxylic acids is 3. The van der Waals surface area contributed by atoms with E-state index >= 15 is 0 Å². The lowest BCUT2D eigenvalue weighted by atomic mass is 10.0. The SMILES string of the molecule is O=C(C(CF)N1CCN(C(=O)c2nccs2)CC1)C(CF)N1CCN(C(=O)c2nccs2)CC1. The zero-order chi connectivity index (χ0) is 24.1. The van der Waals surface area contributed by atoms with Crippen molar-refractivity contribution < 1.29 is 23.2 Å². The first kappa shape index (κ1) is 24.8. The van der Waals surface area contributed by atoms with Crippen LogP contribution in [0.3, 0.4) is 0 Å². The van der Waals surface area contributed by atoms with Crippen LogP contribution >= 0.6 is 22.7 Å². The van der Waals surface area contributed by atoms with Crippen molar-refractivity contribution in [2.75, 3.05) is 65.7 Å². The predicted molar refractivity (Wildman–Crippen MR) is 124 cm³/mol. The molecule has 2 saturated heterocycles. The molecule has 184 valence electrons. The Hall–Kier alpha value is -2.35. The quantitative estimate of drug-likeness (QED) is 0.523. The summed E-state index contributed by atoms with van der Waals surface area (Å²) in [7, 11) is 0. The van der Waals surface area contributed by atoms with E-state index < -0.39 is 31.2 Å². The van der Waals surface area contributed by atoms with Crippen LogP contribution in [0, 0.1) is 0 Å². The molecular formula is C21H26F2N6O3S2. The number of thiazole rings is 2. The third-order valence-corrected chi connectivity index (χ3v) is 7.79. The van der Waals surface area contributed by atoms with Gasteiger partial charge in [0.2, 0.25) is 0 Å². The molecule has 0 aliphatic carbocycles. The van der Waals surface area contributed by atoms with Crippen molar-refractivity contribution >= 4 is 40.3 Å². The Bertz CT molecular complexity index is 885. The molecule has 2 aromatic heterocycles. The number of rotatable bonds is 8. The Morgan fingerprint density at radius 2 is 1.12 bits per heavy atom. The molecule has 4 rings (SSSR count). The minimum Gasteiger partial charge on any atom is -0.334 e. The van der Waals surface area contributed by atoms with Gasteiger partial charge in [-0.15, -0.1) is 22.7 Å². The van der Waals surface area contributed by atoms with Crippen LogP contribution in [0.1, 0.15) is 19.6 Å². The number of nitrogens with zero attached hydrogens (tertiary/aromatic N) is 6. The Kier molecular flexibility index (Phi) is 8.29. The van der Waals surface area contributed by atoms with Gasteiger partial charge in [-0.2, -0.15) is 0 Å². The Morgan fingerprint density at radius 3 is 1.41 bits per heavy atom. The summed E-state index contributed by atoms with van der Waals surface area (Å²) in [6.45, 7) is 0.856. The van der Waals surface area contributed by atoms with Crippen molar-refractivity contribution in [3.8, 4) is 0 Å². The molecular weight excluding hydrogens is 486 g/mol. The Labute approximate surface area is 204 Å². The van der Waals surface area contributed by atoms with Crippen molar-refractivity contribution in [3.63, 3.8) is 0 Å². The summed E-state index contributed by atoms with van der Waals surface area (Å²) in [4.78, 5) is 52.9. The highest BCUT2D eigenvalue weighted by molar-refractivity contribution is 7.11. The van der Waals surface area contributed by atoms with Crippen LogP contribution in [0.4, 0.5) is 8.78 Å². The Balaban J connectivity index is 1.32. The number of alkyl halides is 2. The maximum absolute atomic E-state index is 14.0. The van der Waals surface area contributed by atoms with Crippen molar-refractivity contribution in [1.82, 2.24) is 29.6 Å². The number of halogens is 2. The van der Waals surface area contributed by atoms with Crippen LogP contribution < -0.4 is 0 Å². The smallest absolute Gasteiger partial charge is 0.282 e. The summed E-state index contributed by atoms with van der Waals surface area (Å²) < 4.78 is 28.0. The molecule has 34 heavy (non-hydrogen) atoms. The monoisotopic (exact) mass is 512 g/mol. The van der Waals surface area contributed by atoms with Gasteiger partial charge in [0.15, 0.2) is 15.8 Å². The number of hydrogen-bond acceptors (Lipinski definition) is 9. The van der Waals surface area contributed by atoms with Crippen molar-refractivity contribution in [1.29, 1.82) is 0 Å². The second kappa shape index (κ2) is 11.4. The normalized spacial score (nSPS) is 19.7. The van der Waals surface area contributed by atoms with Crippen LogP contribution in [-0.4, -0.2) is 125 Å². The van der Waals surface area contributed by atoms with Gasteiger partial charge in [-0.3, -0.25) is 24.2 Å². The number of Topliss-reactive ketones (excluding diaryl/α,β-unsaturated/α-hetero) is 1. The fourth-order valence-electron chi connectivity index (χ4n) is 4.33. The fourth-order valence-corrected chi connectivity index (χ4v) is 5.54. The van der Waals surface area contributed by atoms with Gasteiger partial charge in [0.1, 0.15) is 13.3 Å². The third kappa shape index (κ3) is 5.32. The number of aromatic nitrogens is 2. The maximum Gasteiger partial charge on any atom is 0.282 e. The zero-order valence-corrected chi connectivity index (χ0v) is 20.1. The molecule has 0 radical (unpaired) electrons. The summed E-state index contributed by atoms with van der Waals surface area (Å²) in [5.74, 6) is -0.849. The average Bonchev–Trinajstić information content (AvgIpc) is 3.60. The maximum atomic E-state index is 14.0. The van der Waals surface area contributed by atoms with E-state index in [-0.39, 0.29) is 11.8 Å². The first-order valence-electron chi connectivity index (χ1n) is 11.0. The van der Waals surface area contributed by atoms with Gasteiger partial charge < -0.3 is 9.80 Å². The minimum atomic E-state index is -1.06. The van der Waals surface area contributed by atoms with E-state index in [1.54, 1.807) is 42.8 Å². The first-order chi connectivity index (χ1) is 16.5. The molecule has 4 heterocycles. The Morgan fingerprint density at radius 1 is 0.735 bits per heavy atom. The standard InChI is InChI=1S/C21H26F2N6O3S2/c22-13-15(26-3-7-28(8-4-26)20(31)18-24-1-11-33-18)17(30)16(14-23)27-5-9-29(10-6-27)21(32)19-25-2-12-34-19/h1-2,11-12,15-16H,3-10,13-14H2. The lowest BCUT2D eigenvalue weighted by Gasteiger charge is -2.41. The van der Waals surface area contributed by atoms with Crippen molar-refractivity contribution in [2.45, 2.75) is 12.1 Å². The molecule has 0 spiro atoms. The molecule has 2 fully saturated rings. The molecule has 9 nitrogen and oxygen atoms in total. The van der Waals surface area contributed by atoms with E-state index in [0.717, 1.165) is 0 Å². The number of amides is 2. The summed E-state index contributed by atoms with van der Waals surface area (Å²) in [6, 6.07) is -2.12. The summed E-state index contributed by atoms with van der Waals surface area (Å²) in [5, 5.41) is 4.26. The molecule has 0 saturated carbocycles. The number of piperazine rings is 2. The number of hydrogen-bond donors (Lipinski definition) is 0. The lowest BCUT2D eigenvalue weighted by Crippen LogP contribution is -2.60. The number of carbonyl (C=O) groups is 3. The second-order valence-corrected chi connectivity index (χ2v) is 9.86. The largest absolute Gasteiger partial charge is 0.334 e.